The molecule has 1 amide bonds. The van der Waals surface area contributed by atoms with Crippen molar-refractivity contribution in [2.45, 2.75) is 25.8 Å². The number of carbonyl (C=O) groups is 1. The SMILES string of the molecule is CCN(C(=O)CCNc1ccc(OC)c(OC)c1)C1CCS(=O)(=O)C1. The van der Waals surface area contributed by atoms with E-state index in [9.17, 15) is 13.2 Å². The van der Waals surface area contributed by atoms with Crippen LogP contribution in [0.5, 0.6) is 11.5 Å². The number of nitrogens with one attached hydrogen (secondary N) is 1. The van der Waals surface area contributed by atoms with E-state index in [1.807, 2.05) is 19.1 Å². The maximum atomic E-state index is 12.4. The molecule has 1 saturated heterocycles. The topological polar surface area (TPSA) is 84.9 Å². The Morgan fingerprint density at radius 1 is 1.28 bits per heavy atom. The van der Waals surface area contributed by atoms with Crippen LogP contribution in [0.4, 0.5) is 5.69 Å². The number of benzene rings is 1. The summed E-state index contributed by atoms with van der Waals surface area (Å²) in [5.41, 5.74) is 0.831. The highest BCUT2D eigenvalue weighted by Gasteiger charge is 2.33. The Labute approximate surface area is 149 Å². The third-order valence-electron chi connectivity index (χ3n) is 4.36. The minimum Gasteiger partial charge on any atom is -0.493 e. The number of nitrogens with zero attached hydrogens (tertiary/aromatic N) is 1. The Hall–Kier alpha value is -1.96. The molecule has 8 heteroatoms. The highest BCUT2D eigenvalue weighted by molar-refractivity contribution is 7.91. The molecule has 0 bridgehead atoms. The van der Waals surface area contributed by atoms with Crippen LogP contribution in [-0.4, -0.2) is 64.1 Å². The van der Waals surface area contributed by atoms with Crippen molar-refractivity contribution >= 4 is 21.4 Å². The van der Waals surface area contributed by atoms with Gasteiger partial charge in [-0.05, 0) is 25.5 Å². The summed E-state index contributed by atoms with van der Waals surface area (Å²) in [5, 5.41) is 3.19. The van der Waals surface area contributed by atoms with E-state index in [0.29, 0.717) is 37.4 Å². The molecule has 0 aliphatic carbocycles. The maximum absolute atomic E-state index is 12.4. The molecule has 140 valence electrons. The first-order chi connectivity index (χ1) is 11.9. The zero-order chi connectivity index (χ0) is 18.4. The number of hydrogen-bond donors (Lipinski definition) is 1. The van der Waals surface area contributed by atoms with E-state index >= 15 is 0 Å². The zero-order valence-corrected chi connectivity index (χ0v) is 15.8. The number of carbonyl (C=O) groups excluding carboxylic acids is 1. The van der Waals surface area contributed by atoms with Gasteiger partial charge in [0.25, 0.3) is 0 Å². The molecule has 25 heavy (non-hydrogen) atoms. The van der Waals surface area contributed by atoms with Gasteiger partial charge in [-0.15, -0.1) is 0 Å². The molecule has 1 heterocycles. The molecule has 0 spiro atoms. The molecule has 1 aromatic rings. The summed E-state index contributed by atoms with van der Waals surface area (Å²) in [6.07, 6.45) is 0.837. The van der Waals surface area contributed by atoms with Gasteiger partial charge in [0.1, 0.15) is 0 Å². The summed E-state index contributed by atoms with van der Waals surface area (Å²) in [5.74, 6) is 1.48. The van der Waals surface area contributed by atoms with Crippen LogP contribution in [0.25, 0.3) is 0 Å². The van der Waals surface area contributed by atoms with Gasteiger partial charge in [0, 0.05) is 37.3 Å². The minimum absolute atomic E-state index is 0.0300. The molecule has 0 radical (unpaired) electrons. The second kappa shape index (κ2) is 8.42. The van der Waals surface area contributed by atoms with E-state index in [1.54, 1.807) is 25.2 Å². The molecule has 1 unspecified atom stereocenters. The van der Waals surface area contributed by atoms with E-state index in [0.717, 1.165) is 5.69 Å². The number of sulfone groups is 1. The quantitative estimate of drug-likeness (QED) is 0.747. The molecule has 1 aromatic carbocycles. The Kier molecular flexibility index (Phi) is 6.52. The smallest absolute Gasteiger partial charge is 0.224 e. The Morgan fingerprint density at radius 2 is 2.00 bits per heavy atom. The zero-order valence-electron chi connectivity index (χ0n) is 14.9. The standard InChI is InChI=1S/C17H26N2O5S/c1-4-19(14-8-10-25(21,22)12-14)17(20)7-9-18-13-5-6-15(23-2)16(11-13)24-3/h5-6,11,14,18H,4,7-10,12H2,1-3H3. The van der Waals surface area contributed by atoms with Crippen LogP contribution >= 0.6 is 0 Å². The van der Waals surface area contributed by atoms with Gasteiger partial charge in [-0.3, -0.25) is 4.79 Å². The van der Waals surface area contributed by atoms with Crippen LogP contribution in [0, 0.1) is 0 Å². The first-order valence-electron chi connectivity index (χ1n) is 8.36. The summed E-state index contributed by atoms with van der Waals surface area (Å²) in [6, 6.07) is 5.27. The summed E-state index contributed by atoms with van der Waals surface area (Å²) < 4.78 is 33.7. The van der Waals surface area contributed by atoms with Crippen LogP contribution in [0.1, 0.15) is 19.8 Å². The largest absolute Gasteiger partial charge is 0.493 e. The summed E-state index contributed by atoms with van der Waals surface area (Å²) in [6.45, 7) is 2.87. The van der Waals surface area contributed by atoms with E-state index in [1.165, 1.54) is 0 Å². The van der Waals surface area contributed by atoms with Gasteiger partial charge in [-0.25, -0.2) is 8.42 Å². The van der Waals surface area contributed by atoms with E-state index in [2.05, 4.69) is 5.32 Å². The maximum Gasteiger partial charge on any atom is 0.224 e. The van der Waals surface area contributed by atoms with Crippen LogP contribution in [0.15, 0.2) is 18.2 Å². The van der Waals surface area contributed by atoms with Crippen molar-refractivity contribution in [2.24, 2.45) is 0 Å². The van der Waals surface area contributed by atoms with Crippen molar-refractivity contribution < 1.29 is 22.7 Å². The molecule has 0 saturated carbocycles. The monoisotopic (exact) mass is 370 g/mol. The van der Waals surface area contributed by atoms with E-state index in [-0.39, 0.29) is 23.5 Å². The van der Waals surface area contributed by atoms with Gasteiger partial charge >= 0.3 is 0 Å². The van der Waals surface area contributed by atoms with Crippen molar-refractivity contribution in [3.8, 4) is 11.5 Å². The first-order valence-corrected chi connectivity index (χ1v) is 10.2. The number of hydrogen-bond acceptors (Lipinski definition) is 6. The van der Waals surface area contributed by atoms with Gasteiger partial charge in [-0.1, -0.05) is 0 Å². The van der Waals surface area contributed by atoms with Gasteiger partial charge in [0.05, 0.1) is 25.7 Å². The molecule has 1 aliphatic rings. The van der Waals surface area contributed by atoms with Crippen LogP contribution in [0.3, 0.4) is 0 Å². The summed E-state index contributed by atoms with van der Waals surface area (Å²) in [4.78, 5) is 14.1. The lowest BCUT2D eigenvalue weighted by molar-refractivity contribution is -0.132. The third kappa shape index (κ3) is 5.01. The van der Waals surface area contributed by atoms with Crippen molar-refractivity contribution in [3.63, 3.8) is 0 Å². The molecular formula is C17H26N2O5S. The van der Waals surface area contributed by atoms with Gasteiger partial charge in [0.15, 0.2) is 21.3 Å². The van der Waals surface area contributed by atoms with Crippen LogP contribution in [0.2, 0.25) is 0 Å². The summed E-state index contributed by atoms with van der Waals surface area (Å²) >= 11 is 0. The predicted molar refractivity (Wildman–Crippen MR) is 97.1 cm³/mol. The molecule has 0 aromatic heterocycles. The van der Waals surface area contributed by atoms with Crippen molar-refractivity contribution in [1.29, 1.82) is 0 Å². The normalized spacial score (nSPS) is 18.6. The van der Waals surface area contributed by atoms with E-state index in [4.69, 9.17) is 9.47 Å². The highest BCUT2D eigenvalue weighted by Crippen LogP contribution is 2.29. The molecule has 1 aliphatic heterocycles. The molecule has 1 N–H and O–H groups in total. The number of anilines is 1. The summed E-state index contributed by atoms with van der Waals surface area (Å²) in [7, 11) is 0.148. The third-order valence-corrected chi connectivity index (χ3v) is 6.11. The number of rotatable bonds is 8. The average molecular weight is 370 g/mol. The second-order valence-corrected chi connectivity index (χ2v) is 8.21. The van der Waals surface area contributed by atoms with Crippen LogP contribution in [-0.2, 0) is 14.6 Å². The Bertz CT molecular complexity index is 705. The number of methoxy groups -OCH3 is 2. The number of ether oxygens (including phenoxy) is 2. The fourth-order valence-electron chi connectivity index (χ4n) is 3.06. The fraction of sp³-hybridized carbons (Fsp3) is 0.588. The minimum atomic E-state index is -3.00. The van der Waals surface area contributed by atoms with Gasteiger partial charge < -0.3 is 19.7 Å². The van der Waals surface area contributed by atoms with Crippen LogP contribution < -0.4 is 14.8 Å². The Balaban J connectivity index is 1.89. The highest BCUT2D eigenvalue weighted by atomic mass is 32.2. The lowest BCUT2D eigenvalue weighted by atomic mass is 10.2. The van der Waals surface area contributed by atoms with Crippen molar-refractivity contribution in [2.75, 3.05) is 44.1 Å². The average Bonchev–Trinajstić information content (AvgIpc) is 2.95. The second-order valence-electron chi connectivity index (χ2n) is 5.98. The molecule has 7 nitrogen and oxygen atoms in total. The molecule has 1 atom stereocenters. The molecular weight excluding hydrogens is 344 g/mol. The van der Waals surface area contributed by atoms with Crippen molar-refractivity contribution in [1.82, 2.24) is 4.90 Å². The van der Waals surface area contributed by atoms with Gasteiger partial charge in [0.2, 0.25) is 5.91 Å². The number of amides is 1. The fourth-order valence-corrected chi connectivity index (χ4v) is 4.79. The molecule has 2 rings (SSSR count). The van der Waals surface area contributed by atoms with E-state index < -0.39 is 9.84 Å². The molecule has 1 fully saturated rings. The Morgan fingerprint density at radius 3 is 2.56 bits per heavy atom. The van der Waals surface area contributed by atoms with Crippen molar-refractivity contribution in [3.05, 3.63) is 18.2 Å². The lowest BCUT2D eigenvalue weighted by Gasteiger charge is -2.27. The van der Waals surface area contributed by atoms with Gasteiger partial charge in [-0.2, -0.15) is 0 Å². The first kappa shape index (κ1) is 19.4. The predicted octanol–water partition coefficient (Wildman–Crippen LogP) is 1.54. The lowest BCUT2D eigenvalue weighted by Crippen LogP contribution is -2.41.